The Kier molecular flexibility index (Phi) is 4.15. The molecule has 0 amide bonds. The Morgan fingerprint density at radius 1 is 1.41 bits per heavy atom. The Morgan fingerprint density at radius 3 is 2.76 bits per heavy atom. The Hall–Kier alpha value is -0.900. The summed E-state index contributed by atoms with van der Waals surface area (Å²) in [5.41, 5.74) is 5.94. The van der Waals surface area contributed by atoms with E-state index >= 15 is 0 Å². The fourth-order valence-electron chi connectivity index (χ4n) is 2.63. The van der Waals surface area contributed by atoms with Crippen LogP contribution >= 0.6 is 0 Å². The van der Waals surface area contributed by atoms with Crippen LogP contribution in [0.25, 0.3) is 0 Å². The lowest BCUT2D eigenvalue weighted by molar-refractivity contribution is 0.315. The highest BCUT2D eigenvalue weighted by Gasteiger charge is 2.21. The van der Waals surface area contributed by atoms with Gasteiger partial charge in [-0.15, -0.1) is 10.2 Å². The zero-order chi connectivity index (χ0) is 12.3. The molecule has 0 radical (unpaired) electrons. The molecule has 0 saturated heterocycles. The van der Waals surface area contributed by atoms with E-state index in [1.807, 2.05) is 6.33 Å². The molecule has 4 heteroatoms. The second-order valence-corrected chi connectivity index (χ2v) is 5.40. The molecule has 1 unspecified atom stereocenters. The Balaban J connectivity index is 1.96. The molecule has 2 N–H and O–H groups in total. The molecule has 96 valence electrons. The van der Waals surface area contributed by atoms with Gasteiger partial charge in [0.2, 0.25) is 0 Å². The highest BCUT2D eigenvalue weighted by atomic mass is 15.3. The molecule has 4 nitrogen and oxygen atoms in total. The smallest absolute Gasteiger partial charge is 0.133 e. The standard InChI is InChI=1S/C13H24N4/c1-3-10(2)17-9-15-16-13(17)8-11-4-6-12(14)7-5-11/h9-12H,3-8,14H2,1-2H3. The largest absolute Gasteiger partial charge is 0.328 e. The van der Waals surface area contributed by atoms with E-state index in [4.69, 9.17) is 5.73 Å². The third-order valence-corrected chi connectivity index (χ3v) is 4.08. The topological polar surface area (TPSA) is 56.7 Å². The minimum atomic E-state index is 0.429. The minimum Gasteiger partial charge on any atom is -0.328 e. The summed E-state index contributed by atoms with van der Waals surface area (Å²) in [5.74, 6) is 1.90. The van der Waals surface area contributed by atoms with E-state index in [0.29, 0.717) is 12.1 Å². The molecule has 2 rings (SSSR count). The van der Waals surface area contributed by atoms with Gasteiger partial charge in [0.15, 0.2) is 0 Å². The van der Waals surface area contributed by atoms with E-state index in [-0.39, 0.29) is 0 Å². The molecule has 17 heavy (non-hydrogen) atoms. The normalized spacial score (nSPS) is 27.0. The van der Waals surface area contributed by atoms with Crippen molar-refractivity contribution in [1.82, 2.24) is 14.8 Å². The minimum absolute atomic E-state index is 0.429. The summed E-state index contributed by atoms with van der Waals surface area (Å²) in [5, 5.41) is 8.34. The number of nitrogens with two attached hydrogens (primary N) is 1. The third-order valence-electron chi connectivity index (χ3n) is 4.08. The van der Waals surface area contributed by atoms with Crippen molar-refractivity contribution in [3.8, 4) is 0 Å². The molecular weight excluding hydrogens is 212 g/mol. The summed E-state index contributed by atoms with van der Waals surface area (Å²) in [6.45, 7) is 4.43. The molecule has 1 aliphatic carbocycles. The fourth-order valence-corrected chi connectivity index (χ4v) is 2.63. The average molecular weight is 236 g/mol. The zero-order valence-corrected chi connectivity index (χ0v) is 11.0. The first-order valence-electron chi connectivity index (χ1n) is 6.84. The van der Waals surface area contributed by atoms with Gasteiger partial charge in [-0.25, -0.2) is 0 Å². The predicted molar refractivity (Wildman–Crippen MR) is 68.7 cm³/mol. The van der Waals surface area contributed by atoms with Gasteiger partial charge in [0.1, 0.15) is 12.2 Å². The predicted octanol–water partition coefficient (Wildman–Crippen LogP) is 2.31. The highest BCUT2D eigenvalue weighted by Crippen LogP contribution is 2.26. The quantitative estimate of drug-likeness (QED) is 0.872. The second kappa shape index (κ2) is 5.63. The molecule has 0 aromatic carbocycles. The van der Waals surface area contributed by atoms with Gasteiger partial charge in [0.05, 0.1) is 0 Å². The summed E-state index contributed by atoms with van der Waals surface area (Å²) in [6.07, 6.45) is 8.89. The van der Waals surface area contributed by atoms with Crippen LogP contribution in [-0.2, 0) is 6.42 Å². The molecule has 0 aliphatic heterocycles. The Morgan fingerprint density at radius 2 is 2.12 bits per heavy atom. The first kappa shape index (κ1) is 12.6. The van der Waals surface area contributed by atoms with Gasteiger partial charge in [-0.2, -0.15) is 0 Å². The molecule has 0 bridgehead atoms. The maximum Gasteiger partial charge on any atom is 0.133 e. The lowest BCUT2D eigenvalue weighted by Gasteiger charge is -2.26. The molecule has 1 heterocycles. The van der Waals surface area contributed by atoms with Crippen molar-refractivity contribution < 1.29 is 0 Å². The van der Waals surface area contributed by atoms with Crippen molar-refractivity contribution in [2.45, 2.75) is 64.5 Å². The van der Waals surface area contributed by atoms with Crippen LogP contribution in [0, 0.1) is 5.92 Å². The van der Waals surface area contributed by atoms with Crippen LogP contribution in [0.15, 0.2) is 6.33 Å². The Bertz CT molecular complexity index is 339. The van der Waals surface area contributed by atoms with E-state index in [1.165, 1.54) is 25.7 Å². The van der Waals surface area contributed by atoms with E-state index in [9.17, 15) is 0 Å². The summed E-state index contributed by atoms with van der Waals surface area (Å²) < 4.78 is 2.23. The maximum absolute atomic E-state index is 5.94. The summed E-state index contributed by atoms with van der Waals surface area (Å²) in [4.78, 5) is 0. The first-order chi connectivity index (χ1) is 8.20. The van der Waals surface area contributed by atoms with Crippen LogP contribution in [0.4, 0.5) is 0 Å². The van der Waals surface area contributed by atoms with E-state index in [0.717, 1.165) is 24.6 Å². The van der Waals surface area contributed by atoms with Crippen LogP contribution in [-0.4, -0.2) is 20.8 Å². The van der Waals surface area contributed by atoms with Gasteiger partial charge in [-0.1, -0.05) is 6.92 Å². The average Bonchev–Trinajstić information content (AvgIpc) is 2.79. The summed E-state index contributed by atoms with van der Waals surface area (Å²) in [7, 11) is 0. The highest BCUT2D eigenvalue weighted by molar-refractivity contribution is 4.92. The molecule has 1 fully saturated rings. The molecule has 0 spiro atoms. The molecule has 1 atom stereocenters. The SMILES string of the molecule is CCC(C)n1cnnc1CC1CCC(N)CC1. The zero-order valence-electron chi connectivity index (χ0n) is 11.0. The fraction of sp³-hybridized carbons (Fsp3) is 0.846. The van der Waals surface area contributed by atoms with Crippen molar-refractivity contribution in [1.29, 1.82) is 0 Å². The van der Waals surface area contributed by atoms with Crippen LogP contribution in [0.5, 0.6) is 0 Å². The summed E-state index contributed by atoms with van der Waals surface area (Å²) in [6, 6.07) is 0.935. The van der Waals surface area contributed by atoms with Crippen LogP contribution < -0.4 is 5.73 Å². The van der Waals surface area contributed by atoms with E-state index in [1.54, 1.807) is 0 Å². The van der Waals surface area contributed by atoms with Gasteiger partial charge >= 0.3 is 0 Å². The summed E-state index contributed by atoms with van der Waals surface area (Å²) >= 11 is 0. The number of hydrogen-bond acceptors (Lipinski definition) is 3. The number of hydrogen-bond donors (Lipinski definition) is 1. The Labute approximate surface area is 104 Å². The van der Waals surface area contributed by atoms with E-state index in [2.05, 4.69) is 28.6 Å². The van der Waals surface area contributed by atoms with Gasteiger partial charge in [-0.05, 0) is 44.9 Å². The van der Waals surface area contributed by atoms with Gasteiger partial charge in [0.25, 0.3) is 0 Å². The van der Waals surface area contributed by atoms with Gasteiger partial charge < -0.3 is 10.3 Å². The van der Waals surface area contributed by atoms with E-state index < -0.39 is 0 Å². The molecule has 1 aromatic heterocycles. The maximum atomic E-state index is 5.94. The number of rotatable bonds is 4. The molecule has 1 aromatic rings. The van der Waals surface area contributed by atoms with Crippen molar-refractivity contribution in [2.75, 3.05) is 0 Å². The lowest BCUT2D eigenvalue weighted by Crippen LogP contribution is -2.27. The second-order valence-electron chi connectivity index (χ2n) is 5.40. The van der Waals surface area contributed by atoms with Crippen molar-refractivity contribution in [2.24, 2.45) is 11.7 Å². The number of aromatic nitrogens is 3. The van der Waals surface area contributed by atoms with Crippen LogP contribution in [0.3, 0.4) is 0 Å². The van der Waals surface area contributed by atoms with Gasteiger partial charge in [-0.3, -0.25) is 0 Å². The molecule has 1 saturated carbocycles. The van der Waals surface area contributed by atoms with Gasteiger partial charge in [0, 0.05) is 18.5 Å². The number of nitrogens with zero attached hydrogens (tertiary/aromatic N) is 3. The van der Waals surface area contributed by atoms with Crippen LogP contribution in [0.2, 0.25) is 0 Å². The van der Waals surface area contributed by atoms with Crippen molar-refractivity contribution in [3.63, 3.8) is 0 Å². The van der Waals surface area contributed by atoms with Crippen LogP contribution in [0.1, 0.15) is 57.8 Å². The first-order valence-corrected chi connectivity index (χ1v) is 6.84. The monoisotopic (exact) mass is 236 g/mol. The molecular formula is C13H24N4. The van der Waals surface area contributed by atoms with Crippen molar-refractivity contribution in [3.05, 3.63) is 12.2 Å². The van der Waals surface area contributed by atoms with Crippen molar-refractivity contribution >= 4 is 0 Å². The lowest BCUT2D eigenvalue weighted by atomic mass is 9.84. The molecule has 1 aliphatic rings. The third kappa shape index (κ3) is 3.06.